The number of rotatable bonds is 2. The van der Waals surface area contributed by atoms with E-state index < -0.39 is 0 Å². The van der Waals surface area contributed by atoms with Crippen LogP contribution >= 0.6 is 11.3 Å². The van der Waals surface area contributed by atoms with Gasteiger partial charge in [0.1, 0.15) is 0 Å². The summed E-state index contributed by atoms with van der Waals surface area (Å²) >= 11 is 1.72. The second-order valence-electron chi connectivity index (χ2n) is 7.53. The standard InChI is InChI=1S/C17H22N2S/c1-16(2)11-6-7-17(3,9-11)15(16)19-12-4-5-13-14(8-12)20-10-18-13/h4-5,8,10-11,15,19H,6-7,9H2,1-3H3. The second kappa shape index (κ2) is 3.97. The molecule has 2 bridgehead atoms. The Kier molecular flexibility index (Phi) is 2.51. The molecule has 3 unspecified atom stereocenters. The number of nitrogens with zero attached hydrogens (tertiary/aromatic N) is 1. The van der Waals surface area contributed by atoms with Gasteiger partial charge in [-0.1, -0.05) is 20.8 Å². The minimum Gasteiger partial charge on any atom is -0.381 e. The summed E-state index contributed by atoms with van der Waals surface area (Å²) in [6.07, 6.45) is 4.18. The molecule has 2 nitrogen and oxygen atoms in total. The van der Waals surface area contributed by atoms with Gasteiger partial charge in [-0.05, 0) is 54.2 Å². The number of fused-ring (bicyclic) bond motifs is 3. The Morgan fingerprint density at radius 1 is 1.30 bits per heavy atom. The quantitative estimate of drug-likeness (QED) is 0.847. The molecule has 0 saturated heterocycles. The number of thiazole rings is 1. The van der Waals surface area contributed by atoms with Crippen molar-refractivity contribution in [3.63, 3.8) is 0 Å². The van der Waals surface area contributed by atoms with Gasteiger partial charge in [-0.2, -0.15) is 0 Å². The topological polar surface area (TPSA) is 24.9 Å². The molecule has 20 heavy (non-hydrogen) atoms. The van der Waals surface area contributed by atoms with Crippen LogP contribution in [0.25, 0.3) is 10.2 Å². The Hall–Kier alpha value is -1.09. The maximum Gasteiger partial charge on any atom is 0.0813 e. The Balaban J connectivity index is 1.67. The molecule has 0 radical (unpaired) electrons. The van der Waals surface area contributed by atoms with Crippen molar-refractivity contribution >= 4 is 27.2 Å². The summed E-state index contributed by atoms with van der Waals surface area (Å²) in [6, 6.07) is 7.17. The Labute approximate surface area is 124 Å². The van der Waals surface area contributed by atoms with Gasteiger partial charge < -0.3 is 5.32 Å². The Bertz CT molecular complexity index is 655. The molecule has 3 heteroatoms. The SMILES string of the molecule is CC12CCC(C1)C(C)(C)C2Nc1ccc2ncsc2c1. The van der Waals surface area contributed by atoms with Crippen molar-refractivity contribution in [3.05, 3.63) is 23.7 Å². The molecule has 2 aliphatic rings. The first-order valence-electron chi connectivity index (χ1n) is 7.59. The largest absolute Gasteiger partial charge is 0.381 e. The third kappa shape index (κ3) is 1.65. The van der Waals surface area contributed by atoms with E-state index in [0.717, 1.165) is 11.4 Å². The number of benzene rings is 1. The monoisotopic (exact) mass is 286 g/mol. The molecular weight excluding hydrogens is 264 g/mol. The van der Waals surface area contributed by atoms with Crippen LogP contribution in [0.3, 0.4) is 0 Å². The van der Waals surface area contributed by atoms with Crippen LogP contribution in [0.1, 0.15) is 40.0 Å². The van der Waals surface area contributed by atoms with Gasteiger partial charge in [-0.25, -0.2) is 4.98 Å². The van der Waals surface area contributed by atoms with E-state index in [0.29, 0.717) is 16.9 Å². The van der Waals surface area contributed by atoms with E-state index in [4.69, 9.17) is 0 Å². The molecule has 0 spiro atoms. The van der Waals surface area contributed by atoms with E-state index in [1.165, 1.54) is 29.6 Å². The summed E-state index contributed by atoms with van der Waals surface area (Å²) in [5.41, 5.74) is 5.16. The van der Waals surface area contributed by atoms with Crippen LogP contribution in [0.5, 0.6) is 0 Å². The lowest BCUT2D eigenvalue weighted by molar-refractivity contribution is 0.155. The van der Waals surface area contributed by atoms with Crippen molar-refractivity contribution in [3.8, 4) is 0 Å². The number of hydrogen-bond acceptors (Lipinski definition) is 3. The predicted octanol–water partition coefficient (Wildman–Crippen LogP) is 4.92. The fourth-order valence-corrected chi connectivity index (χ4v) is 5.49. The van der Waals surface area contributed by atoms with E-state index in [9.17, 15) is 0 Å². The lowest BCUT2D eigenvalue weighted by Gasteiger charge is -2.43. The summed E-state index contributed by atoms with van der Waals surface area (Å²) < 4.78 is 1.28. The highest BCUT2D eigenvalue weighted by Gasteiger charge is 2.59. The van der Waals surface area contributed by atoms with Gasteiger partial charge >= 0.3 is 0 Å². The van der Waals surface area contributed by atoms with Gasteiger partial charge in [0.05, 0.1) is 15.7 Å². The zero-order valence-electron chi connectivity index (χ0n) is 12.4. The summed E-state index contributed by atoms with van der Waals surface area (Å²) in [4.78, 5) is 4.36. The van der Waals surface area contributed by atoms with Crippen LogP contribution in [0.15, 0.2) is 23.7 Å². The van der Waals surface area contributed by atoms with Gasteiger partial charge in [0.25, 0.3) is 0 Å². The average Bonchev–Trinajstić information content (AvgIpc) is 3.05. The van der Waals surface area contributed by atoms with Crippen molar-refractivity contribution in [2.24, 2.45) is 16.7 Å². The number of anilines is 1. The molecule has 1 aromatic heterocycles. The van der Waals surface area contributed by atoms with Crippen LogP contribution in [-0.4, -0.2) is 11.0 Å². The van der Waals surface area contributed by atoms with Gasteiger partial charge in [0.2, 0.25) is 0 Å². The Morgan fingerprint density at radius 2 is 2.15 bits per heavy atom. The van der Waals surface area contributed by atoms with E-state index in [2.05, 4.69) is 49.3 Å². The van der Waals surface area contributed by atoms with Gasteiger partial charge in [-0.3, -0.25) is 0 Å². The lowest BCUT2D eigenvalue weighted by atomic mass is 9.68. The van der Waals surface area contributed by atoms with Crippen molar-refractivity contribution < 1.29 is 0 Å². The first-order chi connectivity index (χ1) is 9.49. The lowest BCUT2D eigenvalue weighted by Crippen LogP contribution is -2.45. The van der Waals surface area contributed by atoms with Crippen molar-refractivity contribution in [1.82, 2.24) is 4.98 Å². The molecule has 2 aromatic rings. The molecule has 1 N–H and O–H groups in total. The van der Waals surface area contributed by atoms with Crippen LogP contribution in [0.4, 0.5) is 5.69 Å². The van der Waals surface area contributed by atoms with Crippen molar-refractivity contribution in [1.29, 1.82) is 0 Å². The number of aromatic nitrogens is 1. The maximum atomic E-state index is 4.36. The molecule has 4 rings (SSSR count). The zero-order valence-corrected chi connectivity index (χ0v) is 13.3. The fraction of sp³-hybridized carbons (Fsp3) is 0.588. The molecule has 3 atom stereocenters. The van der Waals surface area contributed by atoms with Crippen molar-refractivity contribution in [2.45, 2.75) is 46.1 Å². The highest BCUT2D eigenvalue weighted by Crippen LogP contribution is 2.63. The van der Waals surface area contributed by atoms with Gasteiger partial charge in [0, 0.05) is 11.7 Å². The van der Waals surface area contributed by atoms with Gasteiger partial charge in [-0.15, -0.1) is 11.3 Å². The third-order valence-corrected chi connectivity index (χ3v) is 6.70. The predicted molar refractivity (Wildman–Crippen MR) is 86.3 cm³/mol. The maximum absolute atomic E-state index is 4.36. The molecule has 2 aliphatic carbocycles. The van der Waals surface area contributed by atoms with Crippen LogP contribution in [0.2, 0.25) is 0 Å². The molecule has 2 fully saturated rings. The molecule has 0 aliphatic heterocycles. The molecule has 106 valence electrons. The fourth-order valence-electron chi connectivity index (χ4n) is 4.77. The van der Waals surface area contributed by atoms with E-state index in [1.807, 2.05) is 5.51 Å². The number of nitrogens with one attached hydrogen (secondary N) is 1. The molecule has 2 saturated carbocycles. The minimum absolute atomic E-state index is 0.398. The summed E-state index contributed by atoms with van der Waals surface area (Å²) in [5.74, 6) is 0.886. The second-order valence-corrected chi connectivity index (χ2v) is 8.41. The highest BCUT2D eigenvalue weighted by molar-refractivity contribution is 7.16. The van der Waals surface area contributed by atoms with E-state index in [-0.39, 0.29) is 0 Å². The van der Waals surface area contributed by atoms with Crippen LogP contribution in [0, 0.1) is 16.7 Å². The molecule has 0 amide bonds. The van der Waals surface area contributed by atoms with Crippen molar-refractivity contribution in [2.75, 3.05) is 5.32 Å². The average molecular weight is 286 g/mol. The summed E-state index contributed by atoms with van der Waals surface area (Å²) in [5, 5.41) is 3.86. The van der Waals surface area contributed by atoms with E-state index >= 15 is 0 Å². The first kappa shape index (κ1) is 12.6. The third-order valence-electron chi connectivity index (χ3n) is 5.91. The highest BCUT2D eigenvalue weighted by atomic mass is 32.1. The molecule has 1 heterocycles. The smallest absolute Gasteiger partial charge is 0.0813 e. The molecule has 1 aromatic carbocycles. The number of hydrogen-bond donors (Lipinski definition) is 1. The summed E-state index contributed by atoms with van der Waals surface area (Å²) in [6.45, 7) is 7.38. The Morgan fingerprint density at radius 3 is 2.90 bits per heavy atom. The minimum atomic E-state index is 0.398. The van der Waals surface area contributed by atoms with Crippen LogP contribution in [-0.2, 0) is 0 Å². The first-order valence-corrected chi connectivity index (χ1v) is 8.47. The molecular formula is C17H22N2S. The zero-order chi connectivity index (χ0) is 14.0. The van der Waals surface area contributed by atoms with Gasteiger partial charge in [0.15, 0.2) is 0 Å². The van der Waals surface area contributed by atoms with E-state index in [1.54, 1.807) is 11.3 Å². The summed E-state index contributed by atoms with van der Waals surface area (Å²) in [7, 11) is 0. The van der Waals surface area contributed by atoms with Crippen LogP contribution < -0.4 is 5.32 Å². The normalized spacial score (nSPS) is 34.8.